The van der Waals surface area contributed by atoms with E-state index in [0.29, 0.717) is 36.5 Å². The number of hydrogen-bond donors (Lipinski definition) is 2. The minimum Gasteiger partial charge on any atom is -0.549 e. The molecule has 0 radical (unpaired) electrons. The number of benzene rings is 1. The molecule has 1 aliphatic rings. The van der Waals surface area contributed by atoms with Gasteiger partial charge in [0.15, 0.2) is 0 Å². The molecule has 0 saturated carbocycles. The van der Waals surface area contributed by atoms with E-state index in [-0.39, 0.29) is 23.5 Å². The topological polar surface area (TPSA) is 108 Å². The first-order valence-electron chi connectivity index (χ1n) is 6.76. The molecule has 1 amide bonds. The van der Waals surface area contributed by atoms with Crippen molar-refractivity contribution in [3.8, 4) is 5.75 Å². The van der Waals surface area contributed by atoms with Gasteiger partial charge < -0.3 is 25.7 Å². The first-order chi connectivity index (χ1) is 10.4. The van der Waals surface area contributed by atoms with Crippen molar-refractivity contribution in [2.24, 2.45) is 0 Å². The fourth-order valence-corrected chi connectivity index (χ4v) is 2.62. The summed E-state index contributed by atoms with van der Waals surface area (Å²) in [4.78, 5) is 24.6. The zero-order chi connectivity index (χ0) is 16.3. The van der Waals surface area contributed by atoms with Gasteiger partial charge in [0, 0.05) is 31.7 Å². The van der Waals surface area contributed by atoms with Gasteiger partial charge in [-0.3, -0.25) is 9.69 Å². The largest absolute Gasteiger partial charge is 0.549 e. The second-order valence-electron chi connectivity index (χ2n) is 5.14. The highest BCUT2D eigenvalue weighted by Gasteiger charge is 2.25. The molecule has 1 atom stereocenters. The van der Waals surface area contributed by atoms with Crippen LogP contribution in [0.2, 0.25) is 5.02 Å². The molecule has 3 N–H and O–H groups in total. The van der Waals surface area contributed by atoms with Crippen LogP contribution in [0.5, 0.6) is 5.75 Å². The third-order valence-corrected chi connectivity index (χ3v) is 3.85. The van der Waals surface area contributed by atoms with Crippen LogP contribution in [-0.2, 0) is 4.79 Å². The molecule has 1 aromatic rings. The number of nitrogens with zero attached hydrogens (tertiary/aromatic N) is 1. The molecule has 8 heteroatoms. The average molecular weight is 327 g/mol. The molecule has 1 heterocycles. The van der Waals surface area contributed by atoms with Gasteiger partial charge in [-0.15, -0.1) is 0 Å². The Balaban J connectivity index is 2.04. The molecule has 22 heavy (non-hydrogen) atoms. The van der Waals surface area contributed by atoms with Crippen LogP contribution in [0.15, 0.2) is 12.1 Å². The Bertz CT molecular complexity index is 594. The SMILES string of the molecule is COc1cc(N)c(Cl)cc1C(=O)NC1CCN(CC(=O)[O-])C1. The maximum Gasteiger partial charge on any atom is 0.255 e. The summed E-state index contributed by atoms with van der Waals surface area (Å²) in [5.41, 5.74) is 6.30. The summed E-state index contributed by atoms with van der Waals surface area (Å²) in [7, 11) is 1.44. The van der Waals surface area contributed by atoms with E-state index in [4.69, 9.17) is 22.1 Å². The number of nitrogen functional groups attached to an aromatic ring is 1. The van der Waals surface area contributed by atoms with Gasteiger partial charge in [-0.2, -0.15) is 0 Å². The Kier molecular flexibility index (Phi) is 5.10. The minimum absolute atomic E-state index is 0.132. The van der Waals surface area contributed by atoms with Gasteiger partial charge in [0.2, 0.25) is 0 Å². The summed E-state index contributed by atoms with van der Waals surface area (Å²) < 4.78 is 5.14. The highest BCUT2D eigenvalue weighted by molar-refractivity contribution is 6.33. The van der Waals surface area contributed by atoms with E-state index in [1.165, 1.54) is 19.2 Å². The number of carbonyl (C=O) groups is 2. The van der Waals surface area contributed by atoms with Crippen molar-refractivity contribution in [3.63, 3.8) is 0 Å². The second-order valence-corrected chi connectivity index (χ2v) is 5.55. The molecule has 1 fully saturated rings. The van der Waals surface area contributed by atoms with Crippen LogP contribution in [0.4, 0.5) is 5.69 Å². The number of hydrogen-bond acceptors (Lipinski definition) is 6. The molecule has 1 aliphatic heterocycles. The van der Waals surface area contributed by atoms with E-state index in [0.717, 1.165) is 0 Å². The van der Waals surface area contributed by atoms with E-state index in [2.05, 4.69) is 5.32 Å². The first kappa shape index (κ1) is 16.4. The van der Waals surface area contributed by atoms with Crippen LogP contribution in [0.25, 0.3) is 0 Å². The number of ether oxygens (including phenoxy) is 1. The van der Waals surface area contributed by atoms with Crippen molar-refractivity contribution in [1.29, 1.82) is 0 Å². The molecule has 7 nitrogen and oxygen atoms in total. The van der Waals surface area contributed by atoms with Crippen molar-refractivity contribution < 1.29 is 19.4 Å². The smallest absolute Gasteiger partial charge is 0.255 e. The molecule has 0 bridgehead atoms. The first-order valence-corrected chi connectivity index (χ1v) is 7.14. The van der Waals surface area contributed by atoms with Crippen LogP contribution in [-0.4, -0.2) is 49.6 Å². The molecule has 2 rings (SSSR count). The number of carbonyl (C=O) groups excluding carboxylic acids is 2. The number of nitrogens with one attached hydrogen (secondary N) is 1. The fraction of sp³-hybridized carbons (Fsp3) is 0.429. The van der Waals surface area contributed by atoms with E-state index in [9.17, 15) is 14.7 Å². The summed E-state index contributed by atoms with van der Waals surface area (Å²) in [6, 6.07) is 2.82. The number of rotatable bonds is 5. The van der Waals surface area contributed by atoms with Crippen LogP contribution < -0.4 is 20.9 Å². The number of carboxylic acids is 1. The number of nitrogens with two attached hydrogens (primary N) is 1. The Morgan fingerprint density at radius 1 is 1.55 bits per heavy atom. The predicted molar refractivity (Wildman–Crippen MR) is 79.7 cm³/mol. The highest BCUT2D eigenvalue weighted by atomic mass is 35.5. The lowest BCUT2D eigenvalue weighted by Gasteiger charge is -2.17. The number of aliphatic carboxylic acids is 1. The van der Waals surface area contributed by atoms with Gasteiger partial charge in [-0.25, -0.2) is 0 Å². The molecule has 0 aromatic heterocycles. The third-order valence-electron chi connectivity index (χ3n) is 3.52. The number of anilines is 1. The van der Waals surface area contributed by atoms with Crippen molar-refractivity contribution in [2.45, 2.75) is 12.5 Å². The van der Waals surface area contributed by atoms with E-state index in [1.807, 2.05) is 0 Å². The number of likely N-dealkylation sites (tertiary alicyclic amines) is 1. The number of carboxylic acid groups (broad SMARTS) is 1. The van der Waals surface area contributed by atoms with E-state index in [1.54, 1.807) is 4.90 Å². The van der Waals surface area contributed by atoms with Crippen LogP contribution >= 0.6 is 11.6 Å². The van der Waals surface area contributed by atoms with Gasteiger partial charge in [0.05, 0.1) is 29.4 Å². The lowest BCUT2D eigenvalue weighted by Crippen LogP contribution is -2.40. The molecule has 0 spiro atoms. The Labute approximate surface area is 133 Å². The van der Waals surface area contributed by atoms with Gasteiger partial charge in [0.1, 0.15) is 5.75 Å². The van der Waals surface area contributed by atoms with Gasteiger partial charge in [0.25, 0.3) is 5.91 Å². The van der Waals surface area contributed by atoms with Gasteiger partial charge in [-0.05, 0) is 12.5 Å². The van der Waals surface area contributed by atoms with Gasteiger partial charge in [-0.1, -0.05) is 11.6 Å². The van der Waals surface area contributed by atoms with Crippen molar-refractivity contribution in [1.82, 2.24) is 10.2 Å². The zero-order valence-electron chi connectivity index (χ0n) is 12.1. The maximum atomic E-state index is 12.3. The molecular formula is C14H17ClN3O4-. The van der Waals surface area contributed by atoms with Crippen LogP contribution in [0.1, 0.15) is 16.8 Å². The summed E-state index contributed by atoms with van der Waals surface area (Å²) >= 11 is 5.94. The van der Waals surface area contributed by atoms with Crippen LogP contribution in [0, 0.1) is 0 Å². The Morgan fingerprint density at radius 2 is 2.27 bits per heavy atom. The lowest BCUT2D eigenvalue weighted by molar-refractivity contribution is -0.306. The molecule has 1 saturated heterocycles. The standard InChI is InChI=1S/C14H18ClN3O4/c1-22-12-5-11(16)10(15)4-9(12)14(21)17-8-2-3-18(6-8)7-13(19)20/h4-5,8H,2-3,6-7,16H2,1H3,(H,17,21)(H,19,20)/p-1. The highest BCUT2D eigenvalue weighted by Crippen LogP contribution is 2.29. The number of halogens is 1. The minimum atomic E-state index is -1.13. The van der Waals surface area contributed by atoms with E-state index < -0.39 is 5.97 Å². The monoisotopic (exact) mass is 326 g/mol. The zero-order valence-corrected chi connectivity index (χ0v) is 12.9. The molecule has 1 unspecified atom stereocenters. The predicted octanol–water partition coefficient (Wildman–Crippen LogP) is -0.515. The molecule has 1 aromatic carbocycles. The lowest BCUT2D eigenvalue weighted by atomic mass is 10.1. The quantitative estimate of drug-likeness (QED) is 0.705. The van der Waals surface area contributed by atoms with E-state index >= 15 is 0 Å². The summed E-state index contributed by atoms with van der Waals surface area (Å²) in [5.74, 6) is -1.12. The Morgan fingerprint density at radius 3 is 2.91 bits per heavy atom. The molecular weight excluding hydrogens is 310 g/mol. The Hall–Kier alpha value is -1.99. The third kappa shape index (κ3) is 3.80. The fourth-order valence-electron chi connectivity index (χ4n) is 2.46. The summed E-state index contributed by atoms with van der Waals surface area (Å²) in [6.07, 6.45) is 0.671. The van der Waals surface area contributed by atoms with Crippen molar-refractivity contribution in [3.05, 3.63) is 22.7 Å². The van der Waals surface area contributed by atoms with Crippen molar-refractivity contribution >= 4 is 29.2 Å². The normalized spacial score (nSPS) is 18.2. The molecule has 120 valence electrons. The number of methoxy groups -OCH3 is 1. The second kappa shape index (κ2) is 6.85. The summed E-state index contributed by atoms with van der Waals surface area (Å²) in [5, 5.41) is 13.7. The van der Waals surface area contributed by atoms with Gasteiger partial charge >= 0.3 is 0 Å². The summed E-state index contributed by atoms with van der Waals surface area (Å²) in [6.45, 7) is 0.923. The average Bonchev–Trinajstić information content (AvgIpc) is 2.87. The van der Waals surface area contributed by atoms with Crippen molar-refractivity contribution in [2.75, 3.05) is 32.5 Å². The maximum absolute atomic E-state index is 12.3. The molecule has 0 aliphatic carbocycles. The number of amides is 1. The van der Waals surface area contributed by atoms with Crippen LogP contribution in [0.3, 0.4) is 0 Å².